The van der Waals surface area contributed by atoms with Gasteiger partial charge in [-0.15, -0.1) is 0 Å². The molecule has 1 atom stereocenters. The Labute approximate surface area is 88.8 Å². The Morgan fingerprint density at radius 2 is 2.07 bits per heavy atom. The molecule has 0 aromatic heterocycles. The highest BCUT2D eigenvalue weighted by Gasteiger charge is 2.27. The highest BCUT2D eigenvalue weighted by atomic mass is 15.2. The fraction of sp³-hybridized carbons (Fsp3) is 1.00. The zero-order valence-electron chi connectivity index (χ0n) is 10.1. The summed E-state index contributed by atoms with van der Waals surface area (Å²) in [6.07, 6.45) is 5.30. The Kier molecular flexibility index (Phi) is 4.39. The van der Waals surface area contributed by atoms with Crippen LogP contribution in [0.2, 0.25) is 0 Å². The molecule has 0 radical (unpaired) electrons. The largest absolute Gasteiger partial charge is 0.330 e. The molecular formula is C12H26N2. The summed E-state index contributed by atoms with van der Waals surface area (Å²) in [5.74, 6) is 0.895. The van der Waals surface area contributed by atoms with Gasteiger partial charge in [0.05, 0.1) is 0 Å². The van der Waals surface area contributed by atoms with Crippen molar-refractivity contribution < 1.29 is 0 Å². The summed E-state index contributed by atoms with van der Waals surface area (Å²) in [7, 11) is 0. The number of hydrogen-bond donors (Lipinski definition) is 1. The Bertz CT molecular complexity index is 160. The molecule has 14 heavy (non-hydrogen) atoms. The van der Waals surface area contributed by atoms with Crippen molar-refractivity contribution >= 4 is 0 Å². The van der Waals surface area contributed by atoms with Crippen molar-refractivity contribution in [2.45, 2.75) is 52.0 Å². The van der Waals surface area contributed by atoms with Gasteiger partial charge in [-0.05, 0) is 65.5 Å². The van der Waals surface area contributed by atoms with Crippen molar-refractivity contribution in [1.82, 2.24) is 4.90 Å². The van der Waals surface area contributed by atoms with E-state index < -0.39 is 0 Å². The molecule has 1 fully saturated rings. The minimum absolute atomic E-state index is 0.349. The second kappa shape index (κ2) is 5.13. The van der Waals surface area contributed by atoms with Gasteiger partial charge in [0.1, 0.15) is 0 Å². The molecule has 2 N–H and O–H groups in total. The molecule has 84 valence electrons. The van der Waals surface area contributed by atoms with Crippen LogP contribution in [0.4, 0.5) is 0 Å². The lowest BCUT2D eigenvalue weighted by molar-refractivity contribution is 0.0758. The van der Waals surface area contributed by atoms with Crippen LogP contribution < -0.4 is 5.73 Å². The maximum atomic E-state index is 5.55. The van der Waals surface area contributed by atoms with Gasteiger partial charge in [-0.25, -0.2) is 0 Å². The predicted octanol–water partition coefficient (Wildman–Crippen LogP) is 2.24. The van der Waals surface area contributed by atoms with Gasteiger partial charge in [0.2, 0.25) is 0 Å². The van der Waals surface area contributed by atoms with Gasteiger partial charge in [-0.2, -0.15) is 0 Å². The van der Waals surface area contributed by atoms with Crippen LogP contribution in [0.1, 0.15) is 46.5 Å². The highest BCUT2D eigenvalue weighted by Crippen LogP contribution is 2.25. The molecule has 0 aromatic carbocycles. The molecule has 1 aliphatic heterocycles. The molecular weight excluding hydrogens is 172 g/mol. The summed E-state index contributed by atoms with van der Waals surface area (Å²) in [6, 6.07) is 0. The number of nitrogens with two attached hydrogens (primary N) is 1. The van der Waals surface area contributed by atoms with Crippen molar-refractivity contribution in [2.24, 2.45) is 11.7 Å². The van der Waals surface area contributed by atoms with Gasteiger partial charge in [0.25, 0.3) is 0 Å². The Balaban J connectivity index is 2.36. The molecule has 2 nitrogen and oxygen atoms in total. The van der Waals surface area contributed by atoms with E-state index in [0.717, 1.165) is 12.5 Å². The SMILES string of the molecule is CC(C)(C)N1CCCC(CCCN)C1. The lowest BCUT2D eigenvalue weighted by Gasteiger charge is -2.41. The third-order valence-corrected chi connectivity index (χ3v) is 3.28. The highest BCUT2D eigenvalue weighted by molar-refractivity contribution is 4.82. The maximum absolute atomic E-state index is 5.55. The number of hydrogen-bond acceptors (Lipinski definition) is 2. The van der Waals surface area contributed by atoms with E-state index in [-0.39, 0.29) is 0 Å². The van der Waals surface area contributed by atoms with E-state index in [1.807, 2.05) is 0 Å². The molecule has 1 aliphatic rings. The minimum Gasteiger partial charge on any atom is -0.330 e. The molecule has 0 bridgehead atoms. The topological polar surface area (TPSA) is 29.3 Å². The maximum Gasteiger partial charge on any atom is 0.0125 e. The van der Waals surface area contributed by atoms with E-state index in [1.165, 1.54) is 38.8 Å². The molecule has 0 aliphatic carbocycles. The van der Waals surface area contributed by atoms with E-state index in [4.69, 9.17) is 5.73 Å². The van der Waals surface area contributed by atoms with Crippen molar-refractivity contribution in [1.29, 1.82) is 0 Å². The molecule has 1 unspecified atom stereocenters. The van der Waals surface area contributed by atoms with Crippen LogP contribution in [0, 0.1) is 5.92 Å². The monoisotopic (exact) mass is 198 g/mol. The number of rotatable bonds is 3. The van der Waals surface area contributed by atoms with Crippen LogP contribution >= 0.6 is 0 Å². The van der Waals surface area contributed by atoms with Crippen molar-refractivity contribution in [2.75, 3.05) is 19.6 Å². The molecule has 0 saturated carbocycles. The van der Waals surface area contributed by atoms with Crippen LogP contribution in [0.15, 0.2) is 0 Å². The predicted molar refractivity (Wildman–Crippen MR) is 62.3 cm³/mol. The normalized spacial score (nSPS) is 25.3. The average Bonchev–Trinajstić information content (AvgIpc) is 2.14. The van der Waals surface area contributed by atoms with Gasteiger partial charge in [-0.3, -0.25) is 4.90 Å². The lowest BCUT2D eigenvalue weighted by Crippen LogP contribution is -2.47. The zero-order valence-corrected chi connectivity index (χ0v) is 10.1. The summed E-state index contributed by atoms with van der Waals surface area (Å²) < 4.78 is 0. The van der Waals surface area contributed by atoms with Crippen LogP contribution in [0.3, 0.4) is 0 Å². The standard InChI is InChI=1S/C12H26N2/c1-12(2,3)14-9-5-7-11(10-14)6-4-8-13/h11H,4-10,13H2,1-3H3. The fourth-order valence-electron chi connectivity index (χ4n) is 2.32. The Morgan fingerprint density at radius 3 is 2.64 bits per heavy atom. The average molecular weight is 198 g/mol. The first-order valence-electron chi connectivity index (χ1n) is 5.99. The van der Waals surface area contributed by atoms with E-state index in [1.54, 1.807) is 0 Å². The molecule has 0 amide bonds. The smallest absolute Gasteiger partial charge is 0.0125 e. The van der Waals surface area contributed by atoms with Gasteiger partial charge in [0, 0.05) is 12.1 Å². The van der Waals surface area contributed by atoms with Gasteiger partial charge < -0.3 is 5.73 Å². The van der Waals surface area contributed by atoms with Crippen LogP contribution in [-0.2, 0) is 0 Å². The summed E-state index contributed by atoms with van der Waals surface area (Å²) >= 11 is 0. The first-order chi connectivity index (χ1) is 6.54. The Hall–Kier alpha value is -0.0800. The molecule has 2 heteroatoms. The van der Waals surface area contributed by atoms with Gasteiger partial charge in [0.15, 0.2) is 0 Å². The van der Waals surface area contributed by atoms with E-state index in [9.17, 15) is 0 Å². The number of nitrogens with zero attached hydrogens (tertiary/aromatic N) is 1. The van der Waals surface area contributed by atoms with E-state index >= 15 is 0 Å². The molecule has 0 spiro atoms. The van der Waals surface area contributed by atoms with Gasteiger partial charge >= 0.3 is 0 Å². The van der Waals surface area contributed by atoms with Crippen LogP contribution in [0.5, 0.6) is 0 Å². The van der Waals surface area contributed by atoms with Gasteiger partial charge in [-0.1, -0.05) is 0 Å². The number of piperidine rings is 1. The number of likely N-dealkylation sites (tertiary alicyclic amines) is 1. The first-order valence-corrected chi connectivity index (χ1v) is 5.99. The summed E-state index contributed by atoms with van der Waals surface area (Å²) in [4.78, 5) is 2.62. The third-order valence-electron chi connectivity index (χ3n) is 3.28. The third kappa shape index (κ3) is 3.58. The van der Waals surface area contributed by atoms with Crippen molar-refractivity contribution in [3.8, 4) is 0 Å². The summed E-state index contributed by atoms with van der Waals surface area (Å²) in [6.45, 7) is 10.4. The van der Waals surface area contributed by atoms with Crippen LogP contribution in [-0.4, -0.2) is 30.1 Å². The second-order valence-electron chi connectivity index (χ2n) is 5.56. The lowest BCUT2D eigenvalue weighted by atomic mass is 9.90. The summed E-state index contributed by atoms with van der Waals surface area (Å²) in [5.41, 5.74) is 5.90. The van der Waals surface area contributed by atoms with E-state index in [2.05, 4.69) is 25.7 Å². The summed E-state index contributed by atoms with van der Waals surface area (Å²) in [5, 5.41) is 0. The molecule has 0 aromatic rings. The van der Waals surface area contributed by atoms with Crippen molar-refractivity contribution in [3.05, 3.63) is 0 Å². The second-order valence-corrected chi connectivity index (χ2v) is 5.56. The van der Waals surface area contributed by atoms with Crippen molar-refractivity contribution in [3.63, 3.8) is 0 Å². The first kappa shape index (κ1) is 12.0. The molecule has 1 heterocycles. The Morgan fingerprint density at radius 1 is 1.36 bits per heavy atom. The molecule has 1 saturated heterocycles. The fourth-order valence-corrected chi connectivity index (χ4v) is 2.32. The minimum atomic E-state index is 0.349. The molecule has 1 rings (SSSR count). The quantitative estimate of drug-likeness (QED) is 0.753. The van der Waals surface area contributed by atoms with E-state index in [0.29, 0.717) is 5.54 Å². The van der Waals surface area contributed by atoms with Crippen LogP contribution in [0.25, 0.3) is 0 Å². The zero-order chi connectivity index (χ0) is 10.6.